The molecule has 0 radical (unpaired) electrons. The second-order valence-electron chi connectivity index (χ2n) is 4.25. The van der Waals surface area contributed by atoms with Crippen molar-refractivity contribution in [3.05, 3.63) is 33.3 Å². The van der Waals surface area contributed by atoms with Crippen molar-refractivity contribution in [1.29, 1.82) is 0 Å². The molecule has 5 heteroatoms. The molecule has 0 amide bonds. The third-order valence-corrected chi connectivity index (χ3v) is 3.68. The van der Waals surface area contributed by atoms with Crippen LogP contribution in [0, 0.1) is 0 Å². The second kappa shape index (κ2) is 4.84. The number of carboxylic acid groups (broad SMARTS) is 1. The summed E-state index contributed by atoms with van der Waals surface area (Å²) in [5.41, 5.74) is 2.13. The molecule has 1 N–H and O–H groups in total. The van der Waals surface area contributed by atoms with E-state index in [2.05, 4.69) is 0 Å². The highest BCUT2D eigenvalue weighted by Gasteiger charge is 2.27. The first-order chi connectivity index (χ1) is 7.99. The Morgan fingerprint density at radius 3 is 2.88 bits per heavy atom. The Morgan fingerprint density at radius 1 is 1.53 bits per heavy atom. The van der Waals surface area contributed by atoms with Crippen molar-refractivity contribution in [1.82, 2.24) is 4.90 Å². The van der Waals surface area contributed by atoms with Gasteiger partial charge in [-0.3, -0.25) is 9.69 Å². The van der Waals surface area contributed by atoms with Gasteiger partial charge in [-0.25, -0.2) is 0 Å². The maximum Gasteiger partial charge on any atom is 0.317 e. The minimum absolute atomic E-state index is 0.0135. The monoisotopic (exact) mass is 273 g/mol. The van der Waals surface area contributed by atoms with Gasteiger partial charge in [-0.1, -0.05) is 23.2 Å². The first kappa shape index (κ1) is 12.7. The standard InChI is InChI=1S/C12H13Cl2NO2/c1-7-12-8(4-9(13)5-10(12)14)2-3-15(7)6-11(16)17/h4-5,7H,2-3,6H2,1H3,(H,16,17). The van der Waals surface area contributed by atoms with Gasteiger partial charge >= 0.3 is 5.97 Å². The highest BCUT2D eigenvalue weighted by atomic mass is 35.5. The van der Waals surface area contributed by atoms with E-state index in [0.717, 1.165) is 24.1 Å². The summed E-state index contributed by atoms with van der Waals surface area (Å²) in [4.78, 5) is 12.7. The van der Waals surface area contributed by atoms with Crippen LogP contribution in [0.3, 0.4) is 0 Å². The molecule has 0 saturated carbocycles. The van der Waals surface area contributed by atoms with Crippen molar-refractivity contribution >= 4 is 29.2 Å². The molecule has 0 spiro atoms. The topological polar surface area (TPSA) is 40.5 Å². The van der Waals surface area contributed by atoms with Crippen LogP contribution in [0.15, 0.2) is 12.1 Å². The van der Waals surface area contributed by atoms with Crippen LogP contribution in [0.5, 0.6) is 0 Å². The number of hydrogen-bond acceptors (Lipinski definition) is 2. The molecule has 0 saturated heterocycles. The molecule has 1 aliphatic heterocycles. The zero-order valence-electron chi connectivity index (χ0n) is 9.41. The lowest BCUT2D eigenvalue weighted by Gasteiger charge is -2.34. The predicted octanol–water partition coefficient (Wildman–Crippen LogP) is 3.00. The molecule has 1 atom stereocenters. The van der Waals surface area contributed by atoms with Crippen molar-refractivity contribution in [3.8, 4) is 0 Å². The molecular formula is C12H13Cl2NO2. The van der Waals surface area contributed by atoms with Crippen LogP contribution in [0.4, 0.5) is 0 Å². The van der Waals surface area contributed by atoms with E-state index in [1.54, 1.807) is 6.07 Å². The number of halogens is 2. The lowest BCUT2D eigenvalue weighted by atomic mass is 9.93. The van der Waals surface area contributed by atoms with Crippen LogP contribution in [0.2, 0.25) is 10.0 Å². The average Bonchev–Trinajstić information content (AvgIpc) is 2.20. The van der Waals surface area contributed by atoms with Crippen LogP contribution < -0.4 is 0 Å². The van der Waals surface area contributed by atoms with Crippen molar-refractivity contribution < 1.29 is 9.90 Å². The van der Waals surface area contributed by atoms with Crippen LogP contribution in [-0.4, -0.2) is 29.1 Å². The van der Waals surface area contributed by atoms with Crippen LogP contribution in [0.1, 0.15) is 24.1 Å². The molecule has 2 rings (SSSR count). The maximum atomic E-state index is 10.8. The van der Waals surface area contributed by atoms with Crippen LogP contribution in [0.25, 0.3) is 0 Å². The van der Waals surface area contributed by atoms with Gasteiger partial charge in [-0.05, 0) is 36.6 Å². The number of aliphatic carboxylic acids is 1. The Bertz CT molecular complexity index is 462. The van der Waals surface area contributed by atoms with Gasteiger partial charge in [0.05, 0.1) is 6.54 Å². The second-order valence-corrected chi connectivity index (χ2v) is 5.09. The Labute approximate surface area is 110 Å². The Morgan fingerprint density at radius 2 is 2.24 bits per heavy atom. The normalized spacial score (nSPS) is 20.1. The van der Waals surface area contributed by atoms with Gasteiger partial charge in [0.25, 0.3) is 0 Å². The lowest BCUT2D eigenvalue weighted by Crippen LogP contribution is -2.37. The van der Waals surface area contributed by atoms with E-state index in [4.69, 9.17) is 28.3 Å². The Balaban J connectivity index is 2.35. The van der Waals surface area contributed by atoms with E-state index in [0.29, 0.717) is 10.0 Å². The highest BCUT2D eigenvalue weighted by molar-refractivity contribution is 6.35. The summed E-state index contributed by atoms with van der Waals surface area (Å²) < 4.78 is 0. The summed E-state index contributed by atoms with van der Waals surface area (Å²) in [7, 11) is 0. The number of hydrogen-bond donors (Lipinski definition) is 1. The minimum Gasteiger partial charge on any atom is -0.480 e. The lowest BCUT2D eigenvalue weighted by molar-refractivity contribution is -0.139. The minimum atomic E-state index is -0.814. The van der Waals surface area contributed by atoms with Gasteiger partial charge in [0.15, 0.2) is 0 Å². The fourth-order valence-electron chi connectivity index (χ4n) is 2.34. The summed E-state index contributed by atoms with van der Waals surface area (Å²) in [6.07, 6.45) is 0.785. The van der Waals surface area contributed by atoms with E-state index in [9.17, 15) is 4.79 Å². The Hall–Kier alpha value is -0.770. The zero-order chi connectivity index (χ0) is 12.6. The molecule has 0 bridgehead atoms. The summed E-state index contributed by atoms with van der Waals surface area (Å²) in [6.45, 7) is 2.73. The molecule has 1 aromatic rings. The molecular weight excluding hydrogens is 261 g/mol. The van der Waals surface area contributed by atoms with Gasteiger partial charge in [-0.2, -0.15) is 0 Å². The third-order valence-electron chi connectivity index (χ3n) is 3.15. The number of carboxylic acids is 1. The maximum absolute atomic E-state index is 10.8. The molecule has 1 heterocycles. The molecule has 1 unspecified atom stereocenters. The quantitative estimate of drug-likeness (QED) is 0.901. The molecule has 92 valence electrons. The van der Waals surface area contributed by atoms with E-state index >= 15 is 0 Å². The number of fused-ring (bicyclic) bond motifs is 1. The van der Waals surface area contributed by atoms with Gasteiger partial charge < -0.3 is 5.11 Å². The molecule has 3 nitrogen and oxygen atoms in total. The summed E-state index contributed by atoms with van der Waals surface area (Å²) in [5.74, 6) is -0.814. The largest absolute Gasteiger partial charge is 0.480 e. The summed E-state index contributed by atoms with van der Waals surface area (Å²) in [6, 6.07) is 3.64. The SMILES string of the molecule is CC1c2c(Cl)cc(Cl)cc2CCN1CC(=O)O. The molecule has 0 aromatic heterocycles. The van der Waals surface area contributed by atoms with Gasteiger partial charge in [0, 0.05) is 22.6 Å². The first-order valence-electron chi connectivity index (χ1n) is 5.42. The van der Waals surface area contributed by atoms with Gasteiger partial charge in [-0.15, -0.1) is 0 Å². The molecule has 0 fully saturated rings. The highest BCUT2D eigenvalue weighted by Crippen LogP contribution is 2.36. The summed E-state index contributed by atoms with van der Waals surface area (Å²) >= 11 is 12.1. The predicted molar refractivity (Wildman–Crippen MR) is 67.8 cm³/mol. The first-order valence-corrected chi connectivity index (χ1v) is 6.18. The van der Waals surface area contributed by atoms with E-state index in [1.807, 2.05) is 17.9 Å². The summed E-state index contributed by atoms with van der Waals surface area (Å²) in [5, 5.41) is 10.1. The van der Waals surface area contributed by atoms with Gasteiger partial charge in [0.2, 0.25) is 0 Å². The van der Waals surface area contributed by atoms with E-state index < -0.39 is 5.97 Å². The molecule has 17 heavy (non-hydrogen) atoms. The number of carbonyl (C=O) groups is 1. The number of benzene rings is 1. The van der Waals surface area contributed by atoms with E-state index in [1.165, 1.54) is 0 Å². The molecule has 1 aromatic carbocycles. The fourth-order valence-corrected chi connectivity index (χ4v) is 3.04. The van der Waals surface area contributed by atoms with E-state index in [-0.39, 0.29) is 12.6 Å². The van der Waals surface area contributed by atoms with Crippen molar-refractivity contribution in [2.75, 3.05) is 13.1 Å². The number of nitrogens with zero attached hydrogens (tertiary/aromatic N) is 1. The van der Waals surface area contributed by atoms with Gasteiger partial charge in [0.1, 0.15) is 0 Å². The van der Waals surface area contributed by atoms with Crippen molar-refractivity contribution in [3.63, 3.8) is 0 Å². The van der Waals surface area contributed by atoms with Crippen molar-refractivity contribution in [2.45, 2.75) is 19.4 Å². The van der Waals surface area contributed by atoms with Crippen molar-refractivity contribution in [2.24, 2.45) is 0 Å². The smallest absolute Gasteiger partial charge is 0.317 e. The third kappa shape index (κ3) is 2.57. The molecule has 0 aliphatic carbocycles. The van der Waals surface area contributed by atoms with Crippen LogP contribution >= 0.6 is 23.2 Å². The Kier molecular flexibility index (Phi) is 3.61. The fraction of sp³-hybridized carbons (Fsp3) is 0.417. The van der Waals surface area contributed by atoms with Crippen LogP contribution in [-0.2, 0) is 11.2 Å². The average molecular weight is 274 g/mol. The number of rotatable bonds is 2. The zero-order valence-corrected chi connectivity index (χ0v) is 10.9. The molecule has 1 aliphatic rings.